The fraction of sp³-hybridized carbons (Fsp3) is 0.421. The van der Waals surface area contributed by atoms with Crippen LogP contribution in [0.1, 0.15) is 17.0 Å². The topological polar surface area (TPSA) is 49.7 Å². The molecule has 0 unspecified atom stereocenters. The lowest BCUT2D eigenvalue weighted by Crippen LogP contribution is -2.26. The molecule has 2 aromatic rings. The zero-order chi connectivity index (χ0) is 17.5. The number of nitrogens with zero attached hydrogens (tertiary/aromatic N) is 1. The van der Waals surface area contributed by atoms with Crippen molar-refractivity contribution in [3.05, 3.63) is 53.3 Å². The van der Waals surface area contributed by atoms with E-state index in [1.165, 1.54) is 25.6 Å². The smallest absolute Gasteiger partial charge is 0.335 e. The van der Waals surface area contributed by atoms with Gasteiger partial charge in [-0.25, -0.2) is 4.79 Å². The van der Waals surface area contributed by atoms with Gasteiger partial charge in [0.25, 0.3) is 0 Å². The van der Waals surface area contributed by atoms with E-state index in [1.54, 1.807) is 0 Å². The maximum absolute atomic E-state index is 11.5. The Hall–Kier alpha value is -2.27. The minimum atomic E-state index is -0.582. The van der Waals surface area contributed by atoms with Gasteiger partial charge in [-0.1, -0.05) is 12.1 Å². The van der Waals surface area contributed by atoms with E-state index in [2.05, 4.69) is 30.5 Å². The predicted octanol–water partition coefficient (Wildman–Crippen LogP) is 2.91. The minimum absolute atomic E-state index is 0.365. The highest BCUT2D eigenvalue weighted by Gasteiger charge is 2.18. The summed E-state index contributed by atoms with van der Waals surface area (Å²) >= 11 is 0. The molecule has 1 atom stereocenters. The van der Waals surface area contributed by atoms with E-state index >= 15 is 0 Å². The summed E-state index contributed by atoms with van der Waals surface area (Å²) in [5.41, 5.74) is 3.47. The van der Waals surface area contributed by atoms with Crippen LogP contribution in [0.5, 0.6) is 5.75 Å². The SMILES string of the molecule is COC(=O)[C@H](Cc1ccc(OCCn2c(C)ccc2C)cc1)OC. The average Bonchev–Trinajstić information content (AvgIpc) is 2.92. The zero-order valence-electron chi connectivity index (χ0n) is 14.7. The summed E-state index contributed by atoms with van der Waals surface area (Å²) in [5, 5.41) is 0. The van der Waals surface area contributed by atoms with Crippen LogP contribution in [0, 0.1) is 13.8 Å². The molecular formula is C19H25NO4. The summed E-state index contributed by atoms with van der Waals surface area (Å²) < 4.78 is 17.9. The zero-order valence-corrected chi connectivity index (χ0v) is 14.7. The fourth-order valence-corrected chi connectivity index (χ4v) is 2.64. The number of hydrogen-bond acceptors (Lipinski definition) is 4. The monoisotopic (exact) mass is 331 g/mol. The van der Waals surface area contributed by atoms with Crippen LogP contribution in [0.25, 0.3) is 0 Å². The molecule has 0 spiro atoms. The number of aryl methyl sites for hydroxylation is 2. The van der Waals surface area contributed by atoms with E-state index < -0.39 is 6.10 Å². The molecule has 0 bridgehead atoms. The van der Waals surface area contributed by atoms with Crippen molar-refractivity contribution in [3.8, 4) is 5.75 Å². The number of aromatic nitrogens is 1. The van der Waals surface area contributed by atoms with Gasteiger partial charge in [-0.15, -0.1) is 0 Å². The molecule has 1 aromatic carbocycles. The van der Waals surface area contributed by atoms with E-state index in [0.717, 1.165) is 17.9 Å². The second-order valence-electron chi connectivity index (χ2n) is 5.71. The number of rotatable bonds is 8. The molecule has 1 aromatic heterocycles. The summed E-state index contributed by atoms with van der Waals surface area (Å²) in [6.45, 7) is 5.61. The van der Waals surface area contributed by atoms with Crippen molar-refractivity contribution in [2.45, 2.75) is 32.9 Å². The number of carbonyl (C=O) groups is 1. The average molecular weight is 331 g/mol. The third-order valence-corrected chi connectivity index (χ3v) is 4.09. The van der Waals surface area contributed by atoms with Gasteiger partial charge in [0.2, 0.25) is 0 Å². The first-order valence-electron chi connectivity index (χ1n) is 8.00. The Kier molecular flexibility index (Phi) is 6.44. The van der Waals surface area contributed by atoms with Crippen LogP contribution >= 0.6 is 0 Å². The van der Waals surface area contributed by atoms with Gasteiger partial charge < -0.3 is 18.8 Å². The van der Waals surface area contributed by atoms with Gasteiger partial charge in [0.05, 0.1) is 13.7 Å². The van der Waals surface area contributed by atoms with E-state index in [0.29, 0.717) is 13.0 Å². The lowest BCUT2D eigenvalue weighted by Gasteiger charge is -2.14. The Morgan fingerprint density at radius 2 is 1.67 bits per heavy atom. The molecule has 0 fully saturated rings. The number of esters is 1. The Morgan fingerprint density at radius 1 is 1.04 bits per heavy atom. The number of hydrogen-bond donors (Lipinski definition) is 0. The van der Waals surface area contributed by atoms with Crippen LogP contribution in [0.2, 0.25) is 0 Å². The molecular weight excluding hydrogens is 306 g/mol. The van der Waals surface area contributed by atoms with Gasteiger partial charge in [0.1, 0.15) is 12.4 Å². The van der Waals surface area contributed by atoms with Crippen molar-refractivity contribution in [1.82, 2.24) is 4.57 Å². The van der Waals surface area contributed by atoms with Crippen molar-refractivity contribution in [1.29, 1.82) is 0 Å². The molecule has 1 heterocycles. The molecule has 0 aliphatic carbocycles. The normalized spacial score (nSPS) is 12.0. The molecule has 0 saturated carbocycles. The summed E-state index contributed by atoms with van der Waals surface area (Å²) in [7, 11) is 2.86. The largest absolute Gasteiger partial charge is 0.492 e. The second kappa shape index (κ2) is 8.55. The van der Waals surface area contributed by atoms with E-state index in [-0.39, 0.29) is 5.97 Å². The van der Waals surface area contributed by atoms with Crippen LogP contribution in [-0.4, -0.2) is 37.5 Å². The van der Waals surface area contributed by atoms with Crippen molar-refractivity contribution in [2.24, 2.45) is 0 Å². The Bertz CT molecular complexity index is 641. The second-order valence-corrected chi connectivity index (χ2v) is 5.71. The highest BCUT2D eigenvalue weighted by atomic mass is 16.6. The van der Waals surface area contributed by atoms with Crippen LogP contribution < -0.4 is 4.74 Å². The van der Waals surface area contributed by atoms with Gasteiger partial charge >= 0.3 is 5.97 Å². The number of benzene rings is 1. The van der Waals surface area contributed by atoms with Gasteiger partial charge in [0.15, 0.2) is 6.10 Å². The molecule has 5 nitrogen and oxygen atoms in total. The standard InChI is InChI=1S/C19H25NO4/c1-14-5-6-15(2)20(14)11-12-24-17-9-7-16(8-10-17)13-18(22-3)19(21)23-4/h5-10,18H,11-13H2,1-4H3/t18-/m0/s1. The van der Waals surface area contributed by atoms with Crippen molar-refractivity contribution >= 4 is 5.97 Å². The van der Waals surface area contributed by atoms with Gasteiger partial charge in [-0.2, -0.15) is 0 Å². The highest BCUT2D eigenvalue weighted by molar-refractivity contribution is 5.74. The maximum Gasteiger partial charge on any atom is 0.335 e. The van der Waals surface area contributed by atoms with Crippen LogP contribution in [0.15, 0.2) is 36.4 Å². The van der Waals surface area contributed by atoms with Crippen molar-refractivity contribution in [2.75, 3.05) is 20.8 Å². The van der Waals surface area contributed by atoms with Crippen LogP contribution in [0.3, 0.4) is 0 Å². The highest BCUT2D eigenvalue weighted by Crippen LogP contribution is 2.15. The molecule has 130 valence electrons. The number of methoxy groups -OCH3 is 2. The van der Waals surface area contributed by atoms with Gasteiger partial charge in [-0.05, 0) is 43.7 Å². The lowest BCUT2D eigenvalue weighted by molar-refractivity contribution is -0.152. The van der Waals surface area contributed by atoms with Gasteiger partial charge in [0, 0.05) is 24.9 Å². The molecule has 0 radical (unpaired) electrons. The Morgan fingerprint density at radius 3 is 2.21 bits per heavy atom. The summed E-state index contributed by atoms with van der Waals surface area (Å²) in [4.78, 5) is 11.5. The first-order chi connectivity index (χ1) is 11.5. The number of ether oxygens (including phenoxy) is 3. The van der Waals surface area contributed by atoms with Crippen molar-refractivity contribution < 1.29 is 19.0 Å². The molecule has 0 aliphatic rings. The maximum atomic E-state index is 11.5. The molecule has 24 heavy (non-hydrogen) atoms. The first kappa shape index (κ1) is 18.1. The molecule has 0 N–H and O–H groups in total. The third-order valence-electron chi connectivity index (χ3n) is 4.09. The molecule has 5 heteroatoms. The first-order valence-corrected chi connectivity index (χ1v) is 8.00. The molecule has 0 aliphatic heterocycles. The predicted molar refractivity (Wildman–Crippen MR) is 92.4 cm³/mol. The Balaban J connectivity index is 1.87. The quantitative estimate of drug-likeness (QED) is 0.698. The van der Waals surface area contributed by atoms with Crippen molar-refractivity contribution in [3.63, 3.8) is 0 Å². The van der Waals surface area contributed by atoms with E-state index in [1.807, 2.05) is 24.3 Å². The molecule has 0 amide bonds. The third kappa shape index (κ3) is 4.61. The van der Waals surface area contributed by atoms with Crippen LogP contribution in [-0.2, 0) is 27.2 Å². The van der Waals surface area contributed by atoms with E-state index in [4.69, 9.17) is 14.2 Å². The number of carbonyl (C=O) groups excluding carboxylic acids is 1. The molecule has 2 rings (SSSR count). The van der Waals surface area contributed by atoms with Crippen LogP contribution in [0.4, 0.5) is 0 Å². The minimum Gasteiger partial charge on any atom is -0.492 e. The lowest BCUT2D eigenvalue weighted by atomic mass is 10.1. The van der Waals surface area contributed by atoms with E-state index in [9.17, 15) is 4.79 Å². The summed E-state index contributed by atoms with van der Waals surface area (Å²) in [5.74, 6) is 0.448. The fourth-order valence-electron chi connectivity index (χ4n) is 2.64. The molecule has 0 saturated heterocycles. The Labute approximate surface area is 143 Å². The summed E-state index contributed by atoms with van der Waals surface area (Å²) in [6, 6.07) is 11.9. The van der Waals surface area contributed by atoms with Gasteiger partial charge in [-0.3, -0.25) is 0 Å². The summed E-state index contributed by atoms with van der Waals surface area (Å²) in [6.07, 6.45) is -0.105.